The highest BCUT2D eigenvalue weighted by molar-refractivity contribution is 7.91. The smallest absolute Gasteiger partial charge is 0.237 e. The number of hydrogen-bond donors (Lipinski definition) is 0. The van der Waals surface area contributed by atoms with Crippen LogP contribution in [0, 0.1) is 0 Å². The Kier molecular flexibility index (Phi) is 4.35. The minimum Gasteiger partial charge on any atom is -0.480 e. The van der Waals surface area contributed by atoms with Gasteiger partial charge in [0.25, 0.3) is 0 Å². The van der Waals surface area contributed by atoms with Crippen molar-refractivity contribution in [2.24, 2.45) is 0 Å². The number of amides is 1. The standard InChI is InChI=1S/C26H21N3O4S/c1-29-21-15-27-20-9-8-16(12-19(20)23(21)26(10-11-26)25(29)30)17-13-22(24(33-2)28-14-17)34(31,32)18-6-4-3-5-7-18/h3-9,12-15H,10-11H2,1-2H3. The van der Waals surface area contributed by atoms with Crippen molar-refractivity contribution < 1.29 is 17.9 Å². The molecule has 0 saturated heterocycles. The Labute approximate surface area is 197 Å². The van der Waals surface area contributed by atoms with Gasteiger partial charge in [0, 0.05) is 29.8 Å². The second-order valence-electron chi connectivity index (χ2n) is 8.74. The van der Waals surface area contributed by atoms with Gasteiger partial charge in [0.05, 0.1) is 34.8 Å². The summed E-state index contributed by atoms with van der Waals surface area (Å²) in [6, 6.07) is 15.6. The van der Waals surface area contributed by atoms with Gasteiger partial charge in [-0.15, -0.1) is 0 Å². The molecule has 0 radical (unpaired) electrons. The van der Waals surface area contributed by atoms with Crippen LogP contribution in [0.25, 0.3) is 22.0 Å². The second-order valence-corrected chi connectivity index (χ2v) is 10.7. The maximum absolute atomic E-state index is 13.4. The minimum atomic E-state index is -3.84. The van der Waals surface area contributed by atoms with Crippen LogP contribution in [0.1, 0.15) is 18.4 Å². The number of methoxy groups -OCH3 is 1. The molecular weight excluding hydrogens is 450 g/mol. The van der Waals surface area contributed by atoms with Crippen LogP contribution in [0.4, 0.5) is 5.69 Å². The Hall–Kier alpha value is -3.78. The summed E-state index contributed by atoms with van der Waals surface area (Å²) in [5.41, 5.74) is 3.63. The van der Waals surface area contributed by atoms with Gasteiger partial charge in [-0.2, -0.15) is 0 Å². The van der Waals surface area contributed by atoms with Crippen LogP contribution >= 0.6 is 0 Å². The highest BCUT2D eigenvalue weighted by atomic mass is 32.2. The van der Waals surface area contributed by atoms with Gasteiger partial charge in [-0.3, -0.25) is 9.78 Å². The topological polar surface area (TPSA) is 89.5 Å². The van der Waals surface area contributed by atoms with Gasteiger partial charge in [0.1, 0.15) is 4.90 Å². The van der Waals surface area contributed by atoms with Gasteiger partial charge in [-0.25, -0.2) is 13.4 Å². The van der Waals surface area contributed by atoms with E-state index in [9.17, 15) is 13.2 Å². The SMILES string of the molecule is COc1ncc(-c2ccc3ncc4c(c3c2)C2(CC2)C(=O)N4C)cc1S(=O)(=O)c1ccccc1. The molecule has 170 valence electrons. The number of carbonyl (C=O) groups is 1. The van der Waals surface area contributed by atoms with E-state index in [0.717, 1.165) is 40.6 Å². The van der Waals surface area contributed by atoms with Crippen LogP contribution in [0.5, 0.6) is 5.88 Å². The van der Waals surface area contributed by atoms with E-state index in [0.29, 0.717) is 5.56 Å². The highest BCUT2D eigenvalue weighted by Crippen LogP contribution is 2.58. The van der Waals surface area contributed by atoms with E-state index >= 15 is 0 Å². The van der Waals surface area contributed by atoms with Crippen LogP contribution in [-0.2, 0) is 20.0 Å². The van der Waals surface area contributed by atoms with E-state index in [1.165, 1.54) is 7.11 Å². The van der Waals surface area contributed by atoms with Gasteiger partial charge < -0.3 is 9.64 Å². The van der Waals surface area contributed by atoms with E-state index in [-0.39, 0.29) is 21.6 Å². The number of aromatic nitrogens is 2. The molecular formula is C26H21N3O4S. The zero-order chi connectivity index (χ0) is 23.7. The lowest BCUT2D eigenvalue weighted by atomic mass is 9.92. The van der Waals surface area contributed by atoms with Crippen molar-refractivity contribution in [3.63, 3.8) is 0 Å². The van der Waals surface area contributed by atoms with E-state index in [4.69, 9.17) is 4.74 Å². The summed E-state index contributed by atoms with van der Waals surface area (Å²) in [4.78, 5) is 23.7. The van der Waals surface area contributed by atoms with Crippen molar-refractivity contribution in [2.75, 3.05) is 19.1 Å². The van der Waals surface area contributed by atoms with E-state index in [2.05, 4.69) is 9.97 Å². The maximum atomic E-state index is 13.4. The van der Waals surface area contributed by atoms with Crippen LogP contribution in [-0.4, -0.2) is 38.5 Å². The van der Waals surface area contributed by atoms with Gasteiger partial charge in [-0.05, 0) is 48.7 Å². The molecule has 8 heteroatoms. The van der Waals surface area contributed by atoms with E-state index in [1.807, 2.05) is 18.2 Å². The number of rotatable bonds is 4. The molecule has 1 spiro atoms. The quantitative estimate of drug-likeness (QED) is 0.444. The fourth-order valence-corrected chi connectivity index (χ4v) is 6.32. The second kappa shape index (κ2) is 7.11. The first-order chi connectivity index (χ1) is 16.4. The van der Waals surface area contributed by atoms with Crippen molar-refractivity contribution in [2.45, 2.75) is 28.0 Å². The highest BCUT2D eigenvalue weighted by Gasteiger charge is 2.59. The predicted molar refractivity (Wildman–Crippen MR) is 128 cm³/mol. The molecule has 1 amide bonds. The number of sulfone groups is 1. The molecule has 0 atom stereocenters. The summed E-state index contributed by atoms with van der Waals surface area (Å²) >= 11 is 0. The first-order valence-electron chi connectivity index (χ1n) is 10.9. The molecule has 1 fully saturated rings. The lowest BCUT2D eigenvalue weighted by Gasteiger charge is -2.13. The number of ether oxygens (including phenoxy) is 1. The lowest BCUT2D eigenvalue weighted by Crippen LogP contribution is -2.28. The molecule has 1 saturated carbocycles. The number of pyridine rings is 2. The number of nitrogens with zero attached hydrogens (tertiary/aromatic N) is 3. The van der Waals surface area contributed by atoms with Crippen LogP contribution in [0.3, 0.4) is 0 Å². The van der Waals surface area contributed by atoms with Gasteiger partial charge in [0.15, 0.2) is 0 Å². The first kappa shape index (κ1) is 20.8. The molecule has 2 aromatic carbocycles. The largest absolute Gasteiger partial charge is 0.480 e. The lowest BCUT2D eigenvalue weighted by molar-refractivity contribution is -0.119. The van der Waals surface area contributed by atoms with Crippen LogP contribution < -0.4 is 9.64 Å². The maximum Gasteiger partial charge on any atom is 0.237 e. The number of anilines is 1. The summed E-state index contributed by atoms with van der Waals surface area (Å²) in [6.45, 7) is 0. The summed E-state index contributed by atoms with van der Waals surface area (Å²) in [6.07, 6.45) is 5.03. The van der Waals surface area contributed by atoms with E-state index in [1.54, 1.807) is 60.7 Å². The minimum absolute atomic E-state index is 0.00351. The number of carbonyl (C=O) groups excluding carboxylic acids is 1. The number of hydrogen-bond acceptors (Lipinski definition) is 6. The molecule has 0 bridgehead atoms. The van der Waals surface area contributed by atoms with Gasteiger partial charge in [0.2, 0.25) is 21.6 Å². The fourth-order valence-electron chi connectivity index (χ4n) is 4.91. The average Bonchev–Trinajstić information content (AvgIpc) is 3.65. The van der Waals surface area contributed by atoms with E-state index < -0.39 is 15.3 Å². The van der Waals surface area contributed by atoms with Crippen molar-refractivity contribution in [1.82, 2.24) is 9.97 Å². The van der Waals surface area contributed by atoms with Crippen LogP contribution in [0.2, 0.25) is 0 Å². The molecule has 4 aromatic rings. The Morgan fingerprint density at radius 2 is 1.74 bits per heavy atom. The van der Waals surface area contributed by atoms with Crippen molar-refractivity contribution in [3.8, 4) is 17.0 Å². The van der Waals surface area contributed by atoms with Gasteiger partial charge in [-0.1, -0.05) is 24.3 Å². The van der Waals surface area contributed by atoms with Gasteiger partial charge >= 0.3 is 0 Å². The summed E-state index contributed by atoms with van der Waals surface area (Å²) in [5.74, 6) is 0.157. The molecule has 6 rings (SSSR count). The third-order valence-corrected chi connectivity index (χ3v) is 8.60. The Morgan fingerprint density at radius 1 is 0.971 bits per heavy atom. The molecule has 3 heterocycles. The molecule has 1 aliphatic carbocycles. The number of likely N-dealkylation sites (N-methyl/N-ethyl adjacent to an activating group) is 1. The Balaban J connectivity index is 1.53. The summed E-state index contributed by atoms with van der Waals surface area (Å²) in [5, 5.41) is 0.911. The number of fused-ring (bicyclic) bond motifs is 4. The fraction of sp³-hybridized carbons (Fsp3) is 0.192. The van der Waals surface area contributed by atoms with Crippen molar-refractivity contribution in [1.29, 1.82) is 0 Å². The zero-order valence-corrected chi connectivity index (χ0v) is 19.5. The molecule has 34 heavy (non-hydrogen) atoms. The molecule has 2 aliphatic rings. The Morgan fingerprint density at radius 3 is 2.44 bits per heavy atom. The molecule has 0 unspecified atom stereocenters. The zero-order valence-electron chi connectivity index (χ0n) is 18.6. The third-order valence-electron chi connectivity index (χ3n) is 6.84. The molecule has 0 N–H and O–H groups in total. The summed E-state index contributed by atoms with van der Waals surface area (Å²) < 4.78 is 32.0. The monoisotopic (exact) mass is 471 g/mol. The molecule has 2 aromatic heterocycles. The predicted octanol–water partition coefficient (Wildman–Crippen LogP) is 4.15. The molecule has 7 nitrogen and oxygen atoms in total. The van der Waals surface area contributed by atoms with Crippen LogP contribution in [0.15, 0.2) is 76.8 Å². The number of benzene rings is 2. The van der Waals surface area contributed by atoms with Crippen molar-refractivity contribution >= 4 is 32.3 Å². The van der Waals surface area contributed by atoms with Crippen molar-refractivity contribution in [3.05, 3.63) is 72.6 Å². The Bertz CT molecular complexity index is 1600. The average molecular weight is 472 g/mol. The molecule has 1 aliphatic heterocycles. The third kappa shape index (κ3) is 2.81. The first-order valence-corrected chi connectivity index (χ1v) is 12.4. The normalized spacial score (nSPS) is 16.2. The summed E-state index contributed by atoms with van der Waals surface area (Å²) in [7, 11) is -0.645.